The maximum absolute atomic E-state index is 12.5. The first-order chi connectivity index (χ1) is 14.8. The van der Waals surface area contributed by atoms with Gasteiger partial charge < -0.3 is 9.47 Å². The molecule has 0 N–H and O–H groups in total. The number of hydrogen-bond acceptors (Lipinski definition) is 5. The van der Waals surface area contributed by atoms with Gasteiger partial charge in [0, 0.05) is 18.8 Å². The first-order valence-corrected chi connectivity index (χ1v) is 10.5. The fourth-order valence-electron chi connectivity index (χ4n) is 3.56. The third-order valence-corrected chi connectivity index (χ3v) is 5.23. The Hall–Kier alpha value is -3.12. The van der Waals surface area contributed by atoms with Crippen LogP contribution in [0.2, 0.25) is 0 Å². The third-order valence-electron chi connectivity index (χ3n) is 5.23. The fraction of sp³-hybridized carbons (Fsp3) is 0.333. The molecule has 1 aliphatic rings. The van der Waals surface area contributed by atoms with Crippen molar-refractivity contribution in [3.05, 3.63) is 82.9 Å². The summed E-state index contributed by atoms with van der Waals surface area (Å²) in [6, 6.07) is 16.8. The molecule has 1 aromatic carbocycles. The van der Waals surface area contributed by atoms with Crippen LogP contribution in [0.25, 0.3) is 5.82 Å². The van der Waals surface area contributed by atoms with Crippen molar-refractivity contribution >= 4 is 0 Å². The van der Waals surface area contributed by atoms with Crippen molar-refractivity contribution in [2.75, 3.05) is 26.2 Å². The molecule has 30 heavy (non-hydrogen) atoms. The normalized spacial score (nSPS) is 14.4. The topological polar surface area (TPSA) is 56.6 Å². The van der Waals surface area contributed by atoms with Gasteiger partial charge in [-0.25, -0.2) is 4.98 Å². The van der Waals surface area contributed by atoms with Crippen LogP contribution in [0, 0.1) is 0 Å². The van der Waals surface area contributed by atoms with E-state index >= 15 is 0 Å². The molecular weight excluding hydrogens is 378 g/mol. The van der Waals surface area contributed by atoms with E-state index in [0.29, 0.717) is 30.5 Å². The Labute approximate surface area is 176 Å². The lowest BCUT2D eigenvalue weighted by atomic mass is 10.1. The number of ether oxygens (including phenoxy) is 2. The van der Waals surface area contributed by atoms with Gasteiger partial charge in [-0.15, -0.1) is 0 Å². The Bertz CT molecular complexity index is 981. The van der Waals surface area contributed by atoms with Crippen molar-refractivity contribution in [1.29, 1.82) is 0 Å². The van der Waals surface area contributed by atoms with E-state index in [0.717, 1.165) is 25.2 Å². The van der Waals surface area contributed by atoms with Gasteiger partial charge in [-0.05, 0) is 49.7 Å². The number of pyridine rings is 2. The molecule has 0 spiro atoms. The Balaban J connectivity index is 1.32. The molecule has 0 saturated carbocycles. The van der Waals surface area contributed by atoms with Gasteiger partial charge >= 0.3 is 0 Å². The number of likely N-dealkylation sites (tertiary alicyclic amines) is 1. The second-order valence-corrected chi connectivity index (χ2v) is 7.45. The third kappa shape index (κ3) is 5.48. The summed E-state index contributed by atoms with van der Waals surface area (Å²) in [6.07, 6.45) is 7.24. The number of benzene rings is 1. The van der Waals surface area contributed by atoms with Crippen LogP contribution >= 0.6 is 0 Å². The molecule has 2 aromatic heterocycles. The summed E-state index contributed by atoms with van der Waals surface area (Å²) in [5.41, 5.74) is 0.867. The van der Waals surface area contributed by atoms with E-state index in [9.17, 15) is 4.79 Å². The molecule has 0 unspecified atom stereocenters. The predicted molar refractivity (Wildman–Crippen MR) is 116 cm³/mol. The van der Waals surface area contributed by atoms with Gasteiger partial charge in [0.25, 0.3) is 5.56 Å². The van der Waals surface area contributed by atoms with E-state index in [1.807, 2.05) is 36.4 Å². The Morgan fingerprint density at radius 1 is 0.900 bits per heavy atom. The maximum Gasteiger partial charge on any atom is 0.259 e. The van der Waals surface area contributed by atoms with E-state index in [4.69, 9.17) is 9.47 Å². The van der Waals surface area contributed by atoms with E-state index in [-0.39, 0.29) is 5.56 Å². The van der Waals surface area contributed by atoms with Crippen molar-refractivity contribution < 1.29 is 9.47 Å². The van der Waals surface area contributed by atoms with Crippen LogP contribution in [0.3, 0.4) is 0 Å². The highest BCUT2D eigenvalue weighted by Crippen LogP contribution is 2.14. The smallest absolute Gasteiger partial charge is 0.259 e. The maximum atomic E-state index is 12.5. The molecule has 0 amide bonds. The van der Waals surface area contributed by atoms with Crippen LogP contribution in [-0.2, 0) is 6.61 Å². The highest BCUT2D eigenvalue weighted by atomic mass is 16.5. The van der Waals surface area contributed by atoms with E-state index in [2.05, 4.69) is 9.88 Å². The minimum absolute atomic E-state index is 0.188. The van der Waals surface area contributed by atoms with Gasteiger partial charge in [0.05, 0.1) is 6.20 Å². The van der Waals surface area contributed by atoms with Gasteiger partial charge in [-0.1, -0.05) is 36.8 Å². The van der Waals surface area contributed by atoms with E-state index in [1.165, 1.54) is 29.9 Å². The van der Waals surface area contributed by atoms with Crippen LogP contribution in [0.5, 0.6) is 11.5 Å². The first-order valence-electron chi connectivity index (χ1n) is 10.5. The second kappa shape index (κ2) is 10.1. The standard InChI is InChI=1S/C24H27N3O3/c28-24-17-21(30-19-20-7-3-1-4-8-20)11-14-27(24)23-10-9-22(18-25-23)29-16-15-26-12-5-2-6-13-26/h1,3-4,7-11,14,17-18H,2,5-6,12-13,15-16,19H2. The fourth-order valence-corrected chi connectivity index (χ4v) is 3.56. The van der Waals surface area contributed by atoms with Crippen LogP contribution in [-0.4, -0.2) is 40.7 Å². The van der Waals surface area contributed by atoms with Gasteiger partial charge in [0.2, 0.25) is 0 Å². The molecule has 3 heterocycles. The molecule has 4 rings (SSSR count). The van der Waals surface area contributed by atoms with Crippen LogP contribution in [0.15, 0.2) is 71.8 Å². The van der Waals surface area contributed by atoms with Crippen LogP contribution < -0.4 is 15.0 Å². The lowest BCUT2D eigenvalue weighted by Gasteiger charge is -2.26. The zero-order chi connectivity index (χ0) is 20.6. The van der Waals surface area contributed by atoms with Crippen molar-refractivity contribution in [1.82, 2.24) is 14.5 Å². The zero-order valence-corrected chi connectivity index (χ0v) is 17.1. The second-order valence-electron chi connectivity index (χ2n) is 7.45. The molecule has 156 valence electrons. The number of rotatable bonds is 8. The van der Waals surface area contributed by atoms with Crippen molar-refractivity contribution in [2.45, 2.75) is 25.9 Å². The molecule has 1 saturated heterocycles. The summed E-state index contributed by atoms with van der Waals surface area (Å²) in [4.78, 5) is 19.3. The highest BCUT2D eigenvalue weighted by molar-refractivity contribution is 5.31. The number of nitrogens with zero attached hydrogens (tertiary/aromatic N) is 3. The average Bonchev–Trinajstić information content (AvgIpc) is 2.80. The summed E-state index contributed by atoms with van der Waals surface area (Å²) in [5, 5.41) is 0. The first kappa shape index (κ1) is 20.2. The highest BCUT2D eigenvalue weighted by Gasteiger charge is 2.10. The van der Waals surface area contributed by atoms with Crippen molar-refractivity contribution in [2.24, 2.45) is 0 Å². The quantitative estimate of drug-likeness (QED) is 0.572. The lowest BCUT2D eigenvalue weighted by molar-refractivity contribution is 0.183. The largest absolute Gasteiger partial charge is 0.491 e. The van der Waals surface area contributed by atoms with Crippen LogP contribution in [0.1, 0.15) is 24.8 Å². The Morgan fingerprint density at radius 2 is 1.73 bits per heavy atom. The lowest BCUT2D eigenvalue weighted by Crippen LogP contribution is -2.33. The average molecular weight is 405 g/mol. The van der Waals surface area contributed by atoms with Gasteiger partial charge in [-0.3, -0.25) is 14.3 Å². The van der Waals surface area contributed by atoms with E-state index < -0.39 is 0 Å². The minimum atomic E-state index is -0.188. The van der Waals surface area contributed by atoms with Gasteiger partial charge in [0.15, 0.2) is 0 Å². The van der Waals surface area contributed by atoms with E-state index in [1.54, 1.807) is 24.5 Å². The number of hydrogen-bond donors (Lipinski definition) is 0. The SMILES string of the molecule is O=c1cc(OCc2ccccc2)ccn1-c1ccc(OCCN2CCCCC2)cn1. The number of piperidine rings is 1. The molecule has 3 aromatic rings. The molecule has 0 atom stereocenters. The van der Waals surface area contributed by atoms with Gasteiger partial charge in [-0.2, -0.15) is 0 Å². The summed E-state index contributed by atoms with van der Waals surface area (Å²) < 4.78 is 13.0. The molecule has 1 fully saturated rings. The molecule has 0 bridgehead atoms. The summed E-state index contributed by atoms with van der Waals surface area (Å²) in [6.45, 7) is 4.33. The van der Waals surface area contributed by atoms with Crippen LogP contribution in [0.4, 0.5) is 0 Å². The molecule has 1 aliphatic heterocycles. The predicted octanol–water partition coefficient (Wildman–Crippen LogP) is 3.68. The molecule has 0 radical (unpaired) electrons. The number of aromatic nitrogens is 2. The summed E-state index contributed by atoms with van der Waals surface area (Å²) in [7, 11) is 0. The summed E-state index contributed by atoms with van der Waals surface area (Å²) in [5.74, 6) is 1.81. The Kier molecular flexibility index (Phi) is 6.77. The zero-order valence-electron chi connectivity index (χ0n) is 17.1. The molecule has 0 aliphatic carbocycles. The molecule has 6 nitrogen and oxygen atoms in total. The Morgan fingerprint density at radius 3 is 2.47 bits per heavy atom. The minimum Gasteiger partial charge on any atom is -0.491 e. The van der Waals surface area contributed by atoms with Crippen molar-refractivity contribution in [3.63, 3.8) is 0 Å². The molecule has 6 heteroatoms. The van der Waals surface area contributed by atoms with Gasteiger partial charge in [0.1, 0.15) is 30.5 Å². The molecular formula is C24H27N3O3. The van der Waals surface area contributed by atoms with Crippen molar-refractivity contribution in [3.8, 4) is 17.3 Å². The monoisotopic (exact) mass is 405 g/mol. The summed E-state index contributed by atoms with van der Waals surface area (Å²) >= 11 is 0.